The minimum atomic E-state index is -0.846. The minimum absolute atomic E-state index is 0.129. The molecule has 1 rings (SSSR count). The Morgan fingerprint density at radius 3 is 2.23 bits per heavy atom. The molecule has 1 unspecified atom stereocenters. The van der Waals surface area contributed by atoms with E-state index in [9.17, 15) is 4.79 Å². The predicted octanol–water partition coefficient (Wildman–Crippen LogP) is 1.02. The molecule has 0 radical (unpaired) electrons. The van der Waals surface area contributed by atoms with Gasteiger partial charge < -0.3 is 10.0 Å². The fraction of sp³-hybridized carbons (Fsp3) is 0.900. The topological polar surface area (TPSA) is 40.5 Å². The molecule has 1 aliphatic heterocycles. The van der Waals surface area contributed by atoms with Crippen molar-refractivity contribution >= 4 is 5.91 Å². The lowest BCUT2D eigenvalue weighted by Crippen LogP contribution is -2.44. The van der Waals surface area contributed by atoms with Crippen LogP contribution in [0, 0.1) is 5.41 Å². The van der Waals surface area contributed by atoms with Gasteiger partial charge >= 0.3 is 0 Å². The molecule has 1 N–H and O–H groups in total. The highest BCUT2D eigenvalue weighted by molar-refractivity contribution is 5.80. The Morgan fingerprint density at radius 2 is 1.85 bits per heavy atom. The molecule has 76 valence electrons. The van der Waals surface area contributed by atoms with Crippen molar-refractivity contribution in [3.63, 3.8) is 0 Å². The maximum Gasteiger partial charge on any atom is 0.251 e. The summed E-state index contributed by atoms with van der Waals surface area (Å²) in [6, 6.07) is 0. The van der Waals surface area contributed by atoms with Crippen LogP contribution in [0.1, 0.15) is 33.6 Å². The van der Waals surface area contributed by atoms with Crippen LogP contribution in [-0.2, 0) is 4.79 Å². The van der Waals surface area contributed by atoms with Crippen molar-refractivity contribution in [2.24, 2.45) is 5.41 Å². The SMILES string of the molecule is CC(O)C(=O)N1CCC(C)(C)CC1. The molecular weight excluding hydrogens is 166 g/mol. The van der Waals surface area contributed by atoms with Gasteiger partial charge in [0.05, 0.1) is 0 Å². The van der Waals surface area contributed by atoms with Gasteiger partial charge in [0, 0.05) is 13.1 Å². The van der Waals surface area contributed by atoms with E-state index in [1.54, 1.807) is 4.90 Å². The van der Waals surface area contributed by atoms with Crippen molar-refractivity contribution in [2.75, 3.05) is 13.1 Å². The quantitative estimate of drug-likeness (QED) is 0.662. The molecule has 1 fully saturated rings. The van der Waals surface area contributed by atoms with Crippen LogP contribution in [0.5, 0.6) is 0 Å². The zero-order chi connectivity index (χ0) is 10.1. The molecule has 1 aliphatic rings. The molecule has 1 heterocycles. The van der Waals surface area contributed by atoms with Gasteiger partial charge in [0.2, 0.25) is 0 Å². The second-order valence-corrected chi connectivity index (χ2v) is 4.67. The number of aliphatic hydroxyl groups excluding tert-OH is 1. The van der Waals surface area contributed by atoms with Crippen molar-refractivity contribution in [2.45, 2.75) is 39.7 Å². The summed E-state index contributed by atoms with van der Waals surface area (Å²) in [5.41, 5.74) is 0.357. The molecule has 0 aromatic carbocycles. The molecule has 3 heteroatoms. The number of likely N-dealkylation sites (tertiary alicyclic amines) is 1. The number of aliphatic hydroxyl groups is 1. The summed E-state index contributed by atoms with van der Waals surface area (Å²) < 4.78 is 0. The molecule has 0 aromatic rings. The molecule has 13 heavy (non-hydrogen) atoms. The summed E-state index contributed by atoms with van der Waals surface area (Å²) in [4.78, 5) is 13.1. The number of piperidine rings is 1. The Hall–Kier alpha value is -0.570. The standard InChI is InChI=1S/C10H19NO2/c1-8(12)9(13)11-6-4-10(2,3)5-7-11/h8,12H,4-7H2,1-3H3. The zero-order valence-electron chi connectivity index (χ0n) is 8.71. The van der Waals surface area contributed by atoms with Crippen LogP contribution in [-0.4, -0.2) is 35.1 Å². The average molecular weight is 185 g/mol. The lowest BCUT2D eigenvalue weighted by molar-refractivity contribution is -0.141. The zero-order valence-corrected chi connectivity index (χ0v) is 8.71. The van der Waals surface area contributed by atoms with Crippen LogP contribution in [0.3, 0.4) is 0 Å². The number of carbonyl (C=O) groups is 1. The summed E-state index contributed by atoms with van der Waals surface area (Å²) >= 11 is 0. The van der Waals surface area contributed by atoms with Gasteiger partial charge in [0.25, 0.3) is 5.91 Å². The van der Waals surface area contributed by atoms with Crippen LogP contribution in [0.25, 0.3) is 0 Å². The van der Waals surface area contributed by atoms with Gasteiger partial charge in [0.15, 0.2) is 0 Å². The predicted molar refractivity (Wildman–Crippen MR) is 51.3 cm³/mol. The van der Waals surface area contributed by atoms with E-state index < -0.39 is 6.10 Å². The molecular formula is C10H19NO2. The second-order valence-electron chi connectivity index (χ2n) is 4.67. The highest BCUT2D eigenvalue weighted by atomic mass is 16.3. The van der Waals surface area contributed by atoms with Crippen LogP contribution in [0.4, 0.5) is 0 Å². The van der Waals surface area contributed by atoms with E-state index >= 15 is 0 Å². The summed E-state index contributed by atoms with van der Waals surface area (Å²) in [7, 11) is 0. The Kier molecular flexibility index (Phi) is 2.96. The molecule has 1 atom stereocenters. The summed E-state index contributed by atoms with van der Waals surface area (Å²) in [6.07, 6.45) is 1.22. The fourth-order valence-electron chi connectivity index (χ4n) is 1.60. The molecule has 0 bridgehead atoms. The lowest BCUT2D eigenvalue weighted by atomic mass is 9.82. The van der Waals surface area contributed by atoms with Gasteiger partial charge in [-0.3, -0.25) is 4.79 Å². The molecule has 3 nitrogen and oxygen atoms in total. The summed E-state index contributed by atoms with van der Waals surface area (Å²) in [6.45, 7) is 7.55. The number of amides is 1. The first-order valence-electron chi connectivity index (χ1n) is 4.89. The third kappa shape index (κ3) is 2.69. The smallest absolute Gasteiger partial charge is 0.251 e. The highest BCUT2D eigenvalue weighted by Gasteiger charge is 2.28. The maximum absolute atomic E-state index is 11.4. The first-order chi connectivity index (χ1) is 5.92. The van der Waals surface area contributed by atoms with Crippen molar-refractivity contribution in [3.8, 4) is 0 Å². The number of carbonyl (C=O) groups excluding carboxylic acids is 1. The molecule has 1 saturated heterocycles. The van der Waals surface area contributed by atoms with E-state index in [4.69, 9.17) is 5.11 Å². The van der Waals surface area contributed by atoms with E-state index in [1.165, 1.54) is 6.92 Å². The molecule has 0 aliphatic carbocycles. The molecule has 0 saturated carbocycles. The van der Waals surface area contributed by atoms with Gasteiger partial charge in [-0.05, 0) is 25.2 Å². The largest absolute Gasteiger partial charge is 0.384 e. The third-order valence-corrected chi connectivity index (χ3v) is 2.79. The van der Waals surface area contributed by atoms with Crippen molar-refractivity contribution < 1.29 is 9.90 Å². The Balaban J connectivity index is 2.46. The number of nitrogens with zero attached hydrogens (tertiary/aromatic N) is 1. The van der Waals surface area contributed by atoms with E-state index in [2.05, 4.69) is 13.8 Å². The first-order valence-corrected chi connectivity index (χ1v) is 4.89. The maximum atomic E-state index is 11.4. The van der Waals surface area contributed by atoms with E-state index in [0.29, 0.717) is 5.41 Å². The third-order valence-electron chi connectivity index (χ3n) is 2.79. The van der Waals surface area contributed by atoms with E-state index in [1.807, 2.05) is 0 Å². The monoisotopic (exact) mass is 185 g/mol. The van der Waals surface area contributed by atoms with Gasteiger partial charge in [0.1, 0.15) is 6.10 Å². The van der Waals surface area contributed by atoms with Crippen molar-refractivity contribution in [1.82, 2.24) is 4.90 Å². The van der Waals surface area contributed by atoms with Gasteiger partial charge in [-0.25, -0.2) is 0 Å². The van der Waals surface area contributed by atoms with Gasteiger partial charge in [-0.15, -0.1) is 0 Å². The number of hydrogen-bond donors (Lipinski definition) is 1. The van der Waals surface area contributed by atoms with Gasteiger partial charge in [-0.2, -0.15) is 0 Å². The van der Waals surface area contributed by atoms with Crippen LogP contribution in [0.15, 0.2) is 0 Å². The van der Waals surface area contributed by atoms with Crippen molar-refractivity contribution in [3.05, 3.63) is 0 Å². The second kappa shape index (κ2) is 3.66. The Bertz CT molecular complexity index is 189. The van der Waals surface area contributed by atoms with Gasteiger partial charge in [-0.1, -0.05) is 13.8 Å². The number of hydrogen-bond acceptors (Lipinski definition) is 2. The lowest BCUT2D eigenvalue weighted by Gasteiger charge is -2.37. The van der Waals surface area contributed by atoms with Crippen molar-refractivity contribution in [1.29, 1.82) is 0 Å². The average Bonchev–Trinajstić information content (AvgIpc) is 2.03. The van der Waals surface area contributed by atoms with E-state index in [0.717, 1.165) is 25.9 Å². The minimum Gasteiger partial charge on any atom is -0.384 e. The van der Waals surface area contributed by atoms with Crippen LogP contribution < -0.4 is 0 Å². The van der Waals surface area contributed by atoms with Crippen LogP contribution >= 0.6 is 0 Å². The van der Waals surface area contributed by atoms with Crippen LogP contribution in [0.2, 0.25) is 0 Å². The molecule has 1 amide bonds. The summed E-state index contributed by atoms with van der Waals surface area (Å²) in [5.74, 6) is -0.129. The summed E-state index contributed by atoms with van der Waals surface area (Å²) in [5, 5.41) is 9.11. The Labute approximate surface area is 79.7 Å². The molecule has 0 aromatic heterocycles. The normalized spacial score (nSPS) is 24.2. The first kappa shape index (κ1) is 10.5. The fourth-order valence-corrected chi connectivity index (χ4v) is 1.60. The molecule has 0 spiro atoms. The van der Waals surface area contributed by atoms with E-state index in [-0.39, 0.29) is 5.91 Å². The highest BCUT2D eigenvalue weighted by Crippen LogP contribution is 2.29. The number of rotatable bonds is 1. The Morgan fingerprint density at radius 1 is 1.38 bits per heavy atom.